The standard InChI is InChI=1S/C12H13NO3/c1-8-2-3-10-9(6-8)7-11(16-10)12(15)13-4-5-14/h2-3,6-7,14H,4-5H2,1H3,(H,13,15). The van der Waals surface area contributed by atoms with E-state index in [2.05, 4.69) is 5.32 Å². The molecule has 1 heterocycles. The molecule has 0 spiro atoms. The maximum absolute atomic E-state index is 11.5. The molecule has 0 aliphatic carbocycles. The molecule has 0 fully saturated rings. The van der Waals surface area contributed by atoms with E-state index in [4.69, 9.17) is 9.52 Å². The number of nitrogens with one attached hydrogen (secondary N) is 1. The van der Waals surface area contributed by atoms with Crippen LogP contribution in [0, 0.1) is 6.92 Å². The number of carbonyl (C=O) groups is 1. The van der Waals surface area contributed by atoms with Gasteiger partial charge >= 0.3 is 0 Å². The monoisotopic (exact) mass is 219 g/mol. The second-order valence-corrected chi connectivity index (χ2v) is 3.63. The summed E-state index contributed by atoms with van der Waals surface area (Å²) >= 11 is 0. The van der Waals surface area contributed by atoms with E-state index in [9.17, 15) is 4.79 Å². The fourth-order valence-electron chi connectivity index (χ4n) is 1.53. The summed E-state index contributed by atoms with van der Waals surface area (Å²) in [6.45, 7) is 2.14. The maximum atomic E-state index is 11.5. The fraction of sp³-hybridized carbons (Fsp3) is 0.250. The number of carbonyl (C=O) groups excluding carboxylic acids is 1. The second-order valence-electron chi connectivity index (χ2n) is 3.63. The van der Waals surface area contributed by atoms with E-state index in [1.54, 1.807) is 6.07 Å². The van der Waals surface area contributed by atoms with Crippen molar-refractivity contribution >= 4 is 16.9 Å². The van der Waals surface area contributed by atoms with Crippen molar-refractivity contribution in [3.8, 4) is 0 Å². The molecule has 0 atom stereocenters. The number of furan rings is 1. The summed E-state index contributed by atoms with van der Waals surface area (Å²) in [4.78, 5) is 11.5. The highest BCUT2D eigenvalue weighted by Crippen LogP contribution is 2.20. The van der Waals surface area contributed by atoms with E-state index in [1.807, 2.05) is 25.1 Å². The van der Waals surface area contributed by atoms with Crippen LogP contribution in [0.15, 0.2) is 28.7 Å². The molecule has 2 rings (SSSR count). The van der Waals surface area contributed by atoms with Crippen molar-refractivity contribution in [2.24, 2.45) is 0 Å². The van der Waals surface area contributed by atoms with Crippen molar-refractivity contribution in [1.82, 2.24) is 5.32 Å². The van der Waals surface area contributed by atoms with Crippen molar-refractivity contribution in [1.29, 1.82) is 0 Å². The maximum Gasteiger partial charge on any atom is 0.287 e. The highest BCUT2D eigenvalue weighted by molar-refractivity contribution is 5.96. The van der Waals surface area contributed by atoms with E-state index in [-0.39, 0.29) is 24.8 Å². The fourth-order valence-corrected chi connectivity index (χ4v) is 1.53. The van der Waals surface area contributed by atoms with Gasteiger partial charge in [0.25, 0.3) is 5.91 Å². The highest BCUT2D eigenvalue weighted by atomic mass is 16.3. The number of aryl methyl sites for hydroxylation is 1. The van der Waals surface area contributed by atoms with Crippen molar-refractivity contribution < 1.29 is 14.3 Å². The van der Waals surface area contributed by atoms with Gasteiger partial charge in [-0.2, -0.15) is 0 Å². The number of aliphatic hydroxyl groups excluding tert-OH is 1. The van der Waals surface area contributed by atoms with Crippen LogP contribution >= 0.6 is 0 Å². The third-order valence-corrected chi connectivity index (χ3v) is 2.29. The van der Waals surface area contributed by atoms with Gasteiger partial charge in [-0.1, -0.05) is 11.6 Å². The molecule has 0 aliphatic rings. The Labute approximate surface area is 92.9 Å². The first kappa shape index (κ1) is 10.7. The largest absolute Gasteiger partial charge is 0.451 e. The van der Waals surface area contributed by atoms with Gasteiger partial charge in [0.15, 0.2) is 5.76 Å². The number of rotatable bonds is 3. The van der Waals surface area contributed by atoms with Gasteiger partial charge in [-0.15, -0.1) is 0 Å². The summed E-state index contributed by atoms with van der Waals surface area (Å²) in [5.74, 6) is -0.0306. The number of hydrogen-bond acceptors (Lipinski definition) is 3. The molecule has 84 valence electrons. The van der Waals surface area contributed by atoms with E-state index < -0.39 is 0 Å². The van der Waals surface area contributed by atoms with Crippen LogP contribution in [0.25, 0.3) is 11.0 Å². The molecule has 1 amide bonds. The van der Waals surface area contributed by atoms with Gasteiger partial charge < -0.3 is 14.8 Å². The van der Waals surface area contributed by atoms with Crippen molar-refractivity contribution in [3.63, 3.8) is 0 Å². The van der Waals surface area contributed by atoms with Crippen LogP contribution in [0.3, 0.4) is 0 Å². The third kappa shape index (κ3) is 2.06. The van der Waals surface area contributed by atoms with E-state index in [0.29, 0.717) is 5.58 Å². The molecule has 16 heavy (non-hydrogen) atoms. The van der Waals surface area contributed by atoms with Crippen LogP contribution in [-0.4, -0.2) is 24.2 Å². The first-order valence-corrected chi connectivity index (χ1v) is 5.10. The smallest absolute Gasteiger partial charge is 0.287 e. The number of fused-ring (bicyclic) bond motifs is 1. The van der Waals surface area contributed by atoms with Gasteiger partial charge in [-0.3, -0.25) is 4.79 Å². The molecule has 1 aromatic heterocycles. The zero-order valence-corrected chi connectivity index (χ0v) is 8.99. The van der Waals surface area contributed by atoms with E-state index in [1.165, 1.54) is 0 Å². The quantitative estimate of drug-likeness (QED) is 0.821. The Morgan fingerprint density at radius 3 is 3.00 bits per heavy atom. The summed E-state index contributed by atoms with van der Waals surface area (Å²) in [5, 5.41) is 12.0. The molecule has 0 unspecified atom stereocenters. The van der Waals surface area contributed by atoms with Gasteiger partial charge in [0.1, 0.15) is 5.58 Å². The van der Waals surface area contributed by atoms with Gasteiger partial charge in [0, 0.05) is 11.9 Å². The predicted octanol–water partition coefficient (Wildman–Crippen LogP) is 1.46. The average molecular weight is 219 g/mol. The Bertz CT molecular complexity index is 516. The highest BCUT2D eigenvalue weighted by Gasteiger charge is 2.11. The minimum atomic E-state index is -0.303. The van der Waals surface area contributed by atoms with Gasteiger partial charge in [0.05, 0.1) is 6.61 Å². The lowest BCUT2D eigenvalue weighted by Crippen LogP contribution is -2.25. The molecule has 1 aromatic carbocycles. The van der Waals surface area contributed by atoms with Crippen molar-refractivity contribution in [2.45, 2.75) is 6.92 Å². The minimum absolute atomic E-state index is 0.0783. The van der Waals surface area contributed by atoms with E-state index in [0.717, 1.165) is 10.9 Å². The molecule has 4 nitrogen and oxygen atoms in total. The summed E-state index contributed by atoms with van der Waals surface area (Å²) in [7, 11) is 0. The van der Waals surface area contributed by atoms with Gasteiger partial charge in [0.2, 0.25) is 0 Å². The summed E-state index contributed by atoms with van der Waals surface area (Å²) in [6, 6.07) is 7.44. The third-order valence-electron chi connectivity index (χ3n) is 2.29. The van der Waals surface area contributed by atoms with Crippen molar-refractivity contribution in [3.05, 3.63) is 35.6 Å². The Kier molecular flexibility index (Phi) is 2.92. The Balaban J connectivity index is 2.28. The average Bonchev–Trinajstić information content (AvgIpc) is 2.68. The zero-order valence-electron chi connectivity index (χ0n) is 8.99. The number of benzene rings is 1. The summed E-state index contributed by atoms with van der Waals surface area (Å²) < 4.78 is 5.39. The van der Waals surface area contributed by atoms with Crippen LogP contribution in [0.4, 0.5) is 0 Å². The molecule has 0 radical (unpaired) electrons. The molecular formula is C12H13NO3. The van der Waals surface area contributed by atoms with Gasteiger partial charge in [-0.05, 0) is 25.1 Å². The molecule has 0 saturated heterocycles. The molecule has 2 aromatic rings. The molecule has 4 heteroatoms. The molecule has 2 N–H and O–H groups in total. The van der Waals surface area contributed by atoms with Crippen LogP contribution < -0.4 is 5.32 Å². The molecule has 0 aliphatic heterocycles. The zero-order chi connectivity index (χ0) is 11.5. The first-order chi connectivity index (χ1) is 7.70. The first-order valence-electron chi connectivity index (χ1n) is 5.10. The lowest BCUT2D eigenvalue weighted by atomic mass is 10.2. The Morgan fingerprint density at radius 1 is 1.44 bits per heavy atom. The lowest BCUT2D eigenvalue weighted by molar-refractivity contribution is 0.0919. The van der Waals surface area contributed by atoms with Crippen LogP contribution in [0.2, 0.25) is 0 Å². The van der Waals surface area contributed by atoms with Crippen molar-refractivity contribution in [2.75, 3.05) is 13.2 Å². The summed E-state index contributed by atoms with van der Waals surface area (Å²) in [5.41, 5.74) is 1.82. The minimum Gasteiger partial charge on any atom is -0.451 e. The van der Waals surface area contributed by atoms with E-state index >= 15 is 0 Å². The van der Waals surface area contributed by atoms with Crippen LogP contribution in [0.5, 0.6) is 0 Å². The topological polar surface area (TPSA) is 62.5 Å². The van der Waals surface area contributed by atoms with Gasteiger partial charge in [-0.25, -0.2) is 0 Å². The second kappa shape index (κ2) is 4.37. The lowest BCUT2D eigenvalue weighted by Gasteiger charge is -1.97. The van der Waals surface area contributed by atoms with Crippen LogP contribution in [-0.2, 0) is 0 Å². The Morgan fingerprint density at radius 2 is 2.25 bits per heavy atom. The number of amides is 1. The molecule has 0 saturated carbocycles. The Hall–Kier alpha value is -1.81. The summed E-state index contributed by atoms with van der Waals surface area (Å²) in [6.07, 6.45) is 0. The normalized spacial score (nSPS) is 10.6. The van der Waals surface area contributed by atoms with Crippen LogP contribution in [0.1, 0.15) is 16.1 Å². The predicted molar refractivity (Wildman–Crippen MR) is 60.4 cm³/mol. The number of aliphatic hydroxyl groups is 1. The number of hydrogen-bond donors (Lipinski definition) is 2. The molecular weight excluding hydrogens is 206 g/mol. The SMILES string of the molecule is Cc1ccc2oc(C(=O)NCCO)cc2c1. The molecule has 0 bridgehead atoms.